The molecule has 116 valence electrons. The summed E-state index contributed by atoms with van der Waals surface area (Å²) in [5, 5.41) is 2.86. The third-order valence-electron chi connectivity index (χ3n) is 4.01. The maximum absolute atomic E-state index is 11.8. The number of nitrogens with one attached hydrogen (secondary N) is 1. The van der Waals surface area contributed by atoms with Crippen LogP contribution in [0.2, 0.25) is 0 Å². The Labute approximate surface area is 130 Å². The fourth-order valence-electron chi connectivity index (χ4n) is 2.74. The van der Waals surface area contributed by atoms with E-state index in [9.17, 15) is 4.79 Å². The van der Waals surface area contributed by atoms with E-state index < -0.39 is 0 Å². The molecular weight excluding hydrogens is 278 g/mol. The summed E-state index contributed by atoms with van der Waals surface area (Å²) in [5.41, 5.74) is 1.59. The van der Waals surface area contributed by atoms with Gasteiger partial charge in [-0.15, -0.1) is 0 Å². The van der Waals surface area contributed by atoms with Crippen LogP contribution in [-0.2, 0) is 6.54 Å². The van der Waals surface area contributed by atoms with Crippen molar-refractivity contribution in [3.05, 3.63) is 54.0 Å². The Balaban J connectivity index is 1.49. The van der Waals surface area contributed by atoms with E-state index in [4.69, 9.17) is 9.15 Å². The minimum absolute atomic E-state index is 0.128. The number of hydrogen-bond acceptors (Lipinski definition) is 3. The molecule has 1 aliphatic carbocycles. The van der Waals surface area contributed by atoms with E-state index in [1.807, 2.05) is 24.3 Å². The first kappa shape index (κ1) is 14.7. The van der Waals surface area contributed by atoms with Crippen LogP contribution in [0.5, 0.6) is 5.75 Å². The summed E-state index contributed by atoms with van der Waals surface area (Å²) in [6.07, 6.45) is 9.47. The standard InChI is InChI=1S/C18H21NO3/c20-18(15-10-11-21-13-15)19-12-14-6-8-17(9-7-14)22-16-4-2-1-3-5-16/h6-11,13,16H,1-5,12H2,(H,19,20). The summed E-state index contributed by atoms with van der Waals surface area (Å²) in [4.78, 5) is 11.8. The number of furan rings is 1. The van der Waals surface area contributed by atoms with Gasteiger partial charge in [0.25, 0.3) is 5.91 Å². The van der Waals surface area contributed by atoms with Crippen LogP contribution >= 0.6 is 0 Å². The monoisotopic (exact) mass is 299 g/mol. The minimum Gasteiger partial charge on any atom is -0.490 e. The van der Waals surface area contributed by atoms with Gasteiger partial charge in [-0.05, 0) is 49.4 Å². The molecule has 0 aliphatic heterocycles. The van der Waals surface area contributed by atoms with Crippen molar-refractivity contribution in [3.8, 4) is 5.75 Å². The molecule has 1 heterocycles. The molecule has 1 saturated carbocycles. The Morgan fingerprint density at radius 3 is 2.59 bits per heavy atom. The highest BCUT2D eigenvalue weighted by Gasteiger charge is 2.14. The Hall–Kier alpha value is -2.23. The van der Waals surface area contributed by atoms with Gasteiger partial charge in [0.05, 0.1) is 17.9 Å². The highest BCUT2D eigenvalue weighted by Crippen LogP contribution is 2.23. The predicted molar refractivity (Wildman–Crippen MR) is 83.8 cm³/mol. The highest BCUT2D eigenvalue weighted by atomic mass is 16.5. The van der Waals surface area contributed by atoms with Gasteiger partial charge in [-0.1, -0.05) is 18.6 Å². The van der Waals surface area contributed by atoms with Crippen molar-refractivity contribution in [1.29, 1.82) is 0 Å². The van der Waals surface area contributed by atoms with E-state index in [2.05, 4.69) is 5.32 Å². The molecule has 0 radical (unpaired) electrons. The molecule has 0 saturated heterocycles. The Bertz CT molecular complexity index is 583. The second kappa shape index (κ2) is 7.16. The van der Waals surface area contributed by atoms with Gasteiger partial charge in [0.1, 0.15) is 12.0 Å². The van der Waals surface area contributed by atoms with Crippen molar-refractivity contribution >= 4 is 5.91 Å². The molecule has 4 heteroatoms. The first-order valence-corrected chi connectivity index (χ1v) is 7.87. The average Bonchev–Trinajstić information content (AvgIpc) is 3.09. The van der Waals surface area contributed by atoms with Crippen LogP contribution < -0.4 is 10.1 Å². The molecule has 1 amide bonds. The second-order valence-electron chi connectivity index (χ2n) is 5.72. The Morgan fingerprint density at radius 2 is 1.91 bits per heavy atom. The van der Waals surface area contributed by atoms with Crippen molar-refractivity contribution in [2.75, 3.05) is 0 Å². The summed E-state index contributed by atoms with van der Waals surface area (Å²) in [6.45, 7) is 0.494. The molecular formula is C18H21NO3. The maximum atomic E-state index is 11.8. The van der Waals surface area contributed by atoms with Crippen molar-refractivity contribution in [2.24, 2.45) is 0 Å². The average molecular weight is 299 g/mol. The summed E-state index contributed by atoms with van der Waals surface area (Å²) in [6, 6.07) is 9.60. The van der Waals surface area contributed by atoms with Gasteiger partial charge in [-0.2, -0.15) is 0 Å². The van der Waals surface area contributed by atoms with Crippen LogP contribution in [0.15, 0.2) is 47.3 Å². The van der Waals surface area contributed by atoms with E-state index >= 15 is 0 Å². The van der Waals surface area contributed by atoms with Gasteiger partial charge in [-0.3, -0.25) is 4.79 Å². The lowest BCUT2D eigenvalue weighted by atomic mass is 9.98. The number of rotatable bonds is 5. The normalized spacial score (nSPS) is 15.5. The molecule has 22 heavy (non-hydrogen) atoms. The van der Waals surface area contributed by atoms with Crippen LogP contribution in [0, 0.1) is 0 Å². The Kier molecular flexibility index (Phi) is 4.78. The van der Waals surface area contributed by atoms with Crippen molar-refractivity contribution < 1.29 is 13.9 Å². The first-order valence-electron chi connectivity index (χ1n) is 7.87. The van der Waals surface area contributed by atoms with Gasteiger partial charge < -0.3 is 14.5 Å². The molecule has 0 unspecified atom stereocenters. The largest absolute Gasteiger partial charge is 0.490 e. The highest BCUT2D eigenvalue weighted by molar-refractivity contribution is 5.93. The van der Waals surface area contributed by atoms with Crippen LogP contribution in [0.1, 0.15) is 48.0 Å². The minimum atomic E-state index is -0.128. The van der Waals surface area contributed by atoms with Gasteiger partial charge in [-0.25, -0.2) is 0 Å². The molecule has 4 nitrogen and oxygen atoms in total. The molecule has 1 aromatic carbocycles. The molecule has 1 N–H and O–H groups in total. The molecule has 0 bridgehead atoms. The number of carbonyl (C=O) groups excluding carboxylic acids is 1. The van der Waals surface area contributed by atoms with Crippen LogP contribution in [0.4, 0.5) is 0 Å². The van der Waals surface area contributed by atoms with E-state index in [1.165, 1.54) is 31.8 Å². The molecule has 2 aromatic rings. The lowest BCUT2D eigenvalue weighted by Gasteiger charge is -2.23. The van der Waals surface area contributed by atoms with E-state index in [0.717, 1.165) is 24.2 Å². The number of benzene rings is 1. The van der Waals surface area contributed by atoms with E-state index in [1.54, 1.807) is 6.07 Å². The van der Waals surface area contributed by atoms with Crippen molar-refractivity contribution in [2.45, 2.75) is 44.8 Å². The zero-order chi connectivity index (χ0) is 15.2. The fraction of sp³-hybridized carbons (Fsp3) is 0.389. The topological polar surface area (TPSA) is 51.5 Å². The number of amides is 1. The Morgan fingerprint density at radius 1 is 1.14 bits per heavy atom. The quantitative estimate of drug-likeness (QED) is 0.910. The van der Waals surface area contributed by atoms with Gasteiger partial charge >= 0.3 is 0 Å². The lowest BCUT2D eigenvalue weighted by molar-refractivity contribution is 0.0950. The predicted octanol–water partition coefficient (Wildman–Crippen LogP) is 3.92. The molecule has 1 aromatic heterocycles. The van der Waals surface area contributed by atoms with Crippen LogP contribution in [0.3, 0.4) is 0 Å². The summed E-state index contributed by atoms with van der Waals surface area (Å²) in [7, 11) is 0. The molecule has 0 atom stereocenters. The van der Waals surface area contributed by atoms with Crippen molar-refractivity contribution in [1.82, 2.24) is 5.32 Å². The van der Waals surface area contributed by atoms with Crippen LogP contribution in [0.25, 0.3) is 0 Å². The maximum Gasteiger partial charge on any atom is 0.254 e. The summed E-state index contributed by atoms with van der Waals surface area (Å²) in [5.74, 6) is 0.785. The SMILES string of the molecule is O=C(NCc1ccc(OC2CCCCC2)cc1)c1ccoc1. The molecule has 0 spiro atoms. The van der Waals surface area contributed by atoms with Crippen LogP contribution in [-0.4, -0.2) is 12.0 Å². The molecule has 3 rings (SSSR count). The van der Waals surface area contributed by atoms with Gasteiger partial charge in [0.15, 0.2) is 0 Å². The fourth-order valence-corrected chi connectivity index (χ4v) is 2.74. The number of carbonyl (C=O) groups is 1. The number of ether oxygens (including phenoxy) is 1. The first-order chi connectivity index (χ1) is 10.8. The van der Waals surface area contributed by atoms with Gasteiger partial charge in [0, 0.05) is 6.54 Å². The molecule has 1 aliphatic rings. The van der Waals surface area contributed by atoms with Crippen molar-refractivity contribution in [3.63, 3.8) is 0 Å². The zero-order valence-corrected chi connectivity index (χ0v) is 12.6. The third-order valence-corrected chi connectivity index (χ3v) is 4.01. The second-order valence-corrected chi connectivity index (χ2v) is 5.72. The summed E-state index contributed by atoms with van der Waals surface area (Å²) < 4.78 is 10.9. The van der Waals surface area contributed by atoms with E-state index in [0.29, 0.717) is 18.2 Å². The third kappa shape index (κ3) is 3.91. The molecule has 1 fully saturated rings. The lowest BCUT2D eigenvalue weighted by Crippen LogP contribution is -2.22. The van der Waals surface area contributed by atoms with E-state index in [-0.39, 0.29) is 5.91 Å². The van der Waals surface area contributed by atoms with Gasteiger partial charge in [0.2, 0.25) is 0 Å². The summed E-state index contributed by atoms with van der Waals surface area (Å²) >= 11 is 0. The smallest absolute Gasteiger partial charge is 0.254 e. The number of hydrogen-bond donors (Lipinski definition) is 1. The zero-order valence-electron chi connectivity index (χ0n) is 12.6.